The summed E-state index contributed by atoms with van der Waals surface area (Å²) in [5.41, 5.74) is 4.17. The second kappa shape index (κ2) is 7.36. The van der Waals surface area contributed by atoms with Gasteiger partial charge in [-0.3, -0.25) is 0 Å². The van der Waals surface area contributed by atoms with Gasteiger partial charge in [-0.05, 0) is 31.5 Å². The summed E-state index contributed by atoms with van der Waals surface area (Å²) in [7, 11) is 2.04. The van der Waals surface area contributed by atoms with Crippen LogP contribution in [0.5, 0.6) is 0 Å². The Hall–Kier alpha value is -1.46. The minimum Gasteiger partial charge on any atom is -0.354 e. The topological polar surface area (TPSA) is 41.0 Å². The van der Waals surface area contributed by atoms with E-state index in [1.54, 1.807) is 11.3 Å². The maximum atomic E-state index is 4.55. The van der Waals surface area contributed by atoms with Crippen molar-refractivity contribution in [1.29, 1.82) is 0 Å². The van der Waals surface area contributed by atoms with Gasteiger partial charge in [0.25, 0.3) is 0 Å². The Morgan fingerprint density at radius 3 is 2.80 bits per heavy atom. The molecule has 0 aliphatic carbocycles. The molecule has 0 saturated heterocycles. The molecular weight excluding hydrogens is 268 g/mol. The van der Waals surface area contributed by atoms with E-state index in [2.05, 4.69) is 51.5 Å². The summed E-state index contributed by atoms with van der Waals surface area (Å²) < 4.78 is 0. The van der Waals surface area contributed by atoms with Gasteiger partial charge in [0.2, 0.25) is 0 Å². The summed E-state index contributed by atoms with van der Waals surface area (Å²) in [6.45, 7) is 6.17. The van der Waals surface area contributed by atoms with E-state index >= 15 is 0 Å². The summed E-state index contributed by atoms with van der Waals surface area (Å²) in [5, 5.41) is 5.54. The number of hydrogen-bond acceptors (Lipinski definition) is 5. The molecule has 0 aromatic carbocycles. The molecule has 2 rings (SSSR count). The Morgan fingerprint density at radius 1 is 1.35 bits per heavy atom. The van der Waals surface area contributed by atoms with Crippen molar-refractivity contribution in [2.75, 3.05) is 18.5 Å². The van der Waals surface area contributed by atoms with Crippen molar-refractivity contribution in [2.24, 2.45) is 0 Å². The Morgan fingerprint density at radius 2 is 2.20 bits per heavy atom. The lowest BCUT2D eigenvalue weighted by Crippen LogP contribution is -2.20. The third kappa shape index (κ3) is 4.02. The molecule has 1 atom stereocenters. The largest absolute Gasteiger partial charge is 0.354 e. The summed E-state index contributed by atoms with van der Waals surface area (Å²) >= 11 is 1.62. The molecule has 4 nitrogen and oxygen atoms in total. The molecule has 0 radical (unpaired) electrons. The number of nitrogens with one attached hydrogen (secondary N) is 1. The van der Waals surface area contributed by atoms with Gasteiger partial charge in [0.05, 0.1) is 17.7 Å². The summed E-state index contributed by atoms with van der Waals surface area (Å²) in [5.74, 6) is 0.976. The second-order valence-corrected chi connectivity index (χ2v) is 5.68. The van der Waals surface area contributed by atoms with Gasteiger partial charge in [-0.15, -0.1) is 11.3 Å². The maximum absolute atomic E-state index is 4.55. The average molecular weight is 290 g/mol. The number of pyridine rings is 1. The van der Waals surface area contributed by atoms with Crippen LogP contribution in [0.3, 0.4) is 0 Å². The van der Waals surface area contributed by atoms with Crippen LogP contribution in [0.2, 0.25) is 0 Å². The number of nitrogens with zero attached hydrogens (tertiary/aromatic N) is 3. The molecule has 2 aromatic rings. The van der Waals surface area contributed by atoms with Crippen molar-refractivity contribution in [3.8, 4) is 0 Å². The fourth-order valence-electron chi connectivity index (χ4n) is 2.00. The highest BCUT2D eigenvalue weighted by molar-refractivity contribution is 7.07. The van der Waals surface area contributed by atoms with Gasteiger partial charge in [-0.1, -0.05) is 13.0 Å². The third-order valence-corrected chi connectivity index (χ3v) is 3.88. The van der Waals surface area contributed by atoms with Gasteiger partial charge in [0.1, 0.15) is 5.82 Å². The number of anilines is 1. The second-order valence-electron chi connectivity index (χ2n) is 4.96. The lowest BCUT2D eigenvalue weighted by molar-refractivity contribution is 0.569. The van der Waals surface area contributed by atoms with E-state index in [9.17, 15) is 0 Å². The Bertz CT molecular complexity index is 495. The van der Waals surface area contributed by atoms with Crippen LogP contribution in [-0.2, 0) is 6.54 Å². The third-order valence-electron chi connectivity index (χ3n) is 3.25. The molecule has 108 valence electrons. The molecule has 2 aromatic heterocycles. The monoisotopic (exact) mass is 290 g/mol. The minimum absolute atomic E-state index is 0.348. The van der Waals surface area contributed by atoms with Crippen molar-refractivity contribution in [3.05, 3.63) is 40.5 Å². The van der Waals surface area contributed by atoms with E-state index in [0.717, 1.165) is 31.0 Å². The molecule has 0 aliphatic heterocycles. The first-order chi connectivity index (χ1) is 9.70. The predicted octanol–water partition coefficient (Wildman–Crippen LogP) is 3.24. The SMILES string of the molecule is CCCNC(C)c1ccc(N(C)Cc2cscn2)nc1. The van der Waals surface area contributed by atoms with E-state index in [-0.39, 0.29) is 0 Å². The molecule has 5 heteroatoms. The van der Waals surface area contributed by atoms with Gasteiger partial charge >= 0.3 is 0 Å². The zero-order chi connectivity index (χ0) is 14.4. The van der Waals surface area contributed by atoms with E-state index < -0.39 is 0 Å². The predicted molar refractivity (Wildman–Crippen MR) is 85.2 cm³/mol. The smallest absolute Gasteiger partial charge is 0.128 e. The van der Waals surface area contributed by atoms with Crippen LogP contribution < -0.4 is 10.2 Å². The van der Waals surface area contributed by atoms with Gasteiger partial charge in [0, 0.05) is 24.7 Å². The van der Waals surface area contributed by atoms with Gasteiger partial charge in [-0.25, -0.2) is 9.97 Å². The summed E-state index contributed by atoms with van der Waals surface area (Å²) in [6, 6.07) is 4.57. The number of aromatic nitrogens is 2. The number of rotatable bonds is 7. The lowest BCUT2D eigenvalue weighted by atomic mass is 10.1. The van der Waals surface area contributed by atoms with Crippen LogP contribution in [0.1, 0.15) is 37.6 Å². The molecular formula is C15H22N4S. The molecule has 0 amide bonds. The highest BCUT2D eigenvalue weighted by Crippen LogP contribution is 2.17. The molecule has 1 N–H and O–H groups in total. The van der Waals surface area contributed by atoms with Crippen molar-refractivity contribution in [2.45, 2.75) is 32.9 Å². The van der Waals surface area contributed by atoms with Crippen LogP contribution in [0.4, 0.5) is 5.82 Å². The molecule has 0 bridgehead atoms. The normalized spacial score (nSPS) is 12.3. The molecule has 2 heterocycles. The fourth-order valence-corrected chi connectivity index (χ4v) is 2.55. The summed E-state index contributed by atoms with van der Waals surface area (Å²) in [6.07, 6.45) is 3.10. The van der Waals surface area contributed by atoms with E-state index in [1.807, 2.05) is 18.8 Å². The molecule has 0 fully saturated rings. The molecule has 1 unspecified atom stereocenters. The molecule has 0 saturated carbocycles. The zero-order valence-corrected chi connectivity index (χ0v) is 13.2. The molecule has 0 spiro atoms. The molecule has 0 aliphatic rings. The Kier molecular flexibility index (Phi) is 5.49. The van der Waals surface area contributed by atoms with Gasteiger partial charge in [-0.2, -0.15) is 0 Å². The number of thiazole rings is 1. The van der Waals surface area contributed by atoms with Crippen molar-refractivity contribution >= 4 is 17.2 Å². The highest BCUT2D eigenvalue weighted by atomic mass is 32.1. The first-order valence-corrected chi connectivity index (χ1v) is 7.92. The Labute approximate surface area is 124 Å². The van der Waals surface area contributed by atoms with E-state index in [0.29, 0.717) is 6.04 Å². The Balaban J connectivity index is 1.96. The summed E-state index contributed by atoms with van der Waals surface area (Å²) in [4.78, 5) is 11.0. The van der Waals surface area contributed by atoms with E-state index in [4.69, 9.17) is 0 Å². The van der Waals surface area contributed by atoms with Gasteiger partial charge in [0.15, 0.2) is 0 Å². The van der Waals surface area contributed by atoms with Crippen molar-refractivity contribution < 1.29 is 0 Å². The minimum atomic E-state index is 0.348. The van der Waals surface area contributed by atoms with E-state index in [1.165, 1.54) is 5.56 Å². The average Bonchev–Trinajstić information content (AvgIpc) is 2.97. The fraction of sp³-hybridized carbons (Fsp3) is 0.467. The van der Waals surface area contributed by atoms with Crippen molar-refractivity contribution in [1.82, 2.24) is 15.3 Å². The van der Waals surface area contributed by atoms with Crippen LogP contribution in [-0.4, -0.2) is 23.6 Å². The molecule has 20 heavy (non-hydrogen) atoms. The lowest BCUT2D eigenvalue weighted by Gasteiger charge is -2.18. The van der Waals surface area contributed by atoms with Crippen molar-refractivity contribution in [3.63, 3.8) is 0 Å². The van der Waals surface area contributed by atoms with Crippen LogP contribution >= 0.6 is 11.3 Å². The first kappa shape index (κ1) is 14.9. The maximum Gasteiger partial charge on any atom is 0.128 e. The first-order valence-electron chi connectivity index (χ1n) is 6.98. The highest BCUT2D eigenvalue weighted by Gasteiger charge is 2.08. The standard InChI is InChI=1S/C15H22N4S/c1-4-7-16-12(2)13-5-6-15(17-8-13)19(3)9-14-10-20-11-18-14/h5-6,8,10-12,16H,4,7,9H2,1-3H3. The van der Waals surface area contributed by atoms with Crippen LogP contribution in [0.25, 0.3) is 0 Å². The van der Waals surface area contributed by atoms with Crippen LogP contribution in [0.15, 0.2) is 29.2 Å². The quantitative estimate of drug-likeness (QED) is 0.850. The number of hydrogen-bond donors (Lipinski definition) is 1. The zero-order valence-electron chi connectivity index (χ0n) is 12.3. The van der Waals surface area contributed by atoms with Crippen LogP contribution in [0, 0.1) is 0 Å². The van der Waals surface area contributed by atoms with Gasteiger partial charge < -0.3 is 10.2 Å².